The first-order valence-corrected chi connectivity index (χ1v) is 7.18. The van der Waals surface area contributed by atoms with Crippen LogP contribution >= 0.6 is 0 Å². The van der Waals surface area contributed by atoms with Crippen LogP contribution in [0.3, 0.4) is 0 Å². The van der Waals surface area contributed by atoms with E-state index in [-0.39, 0.29) is 6.04 Å². The molecule has 0 spiro atoms. The van der Waals surface area contributed by atoms with Crippen LogP contribution in [0.1, 0.15) is 62.1 Å². The van der Waals surface area contributed by atoms with Gasteiger partial charge in [-0.1, -0.05) is 32.1 Å². The number of nitrogens with two attached hydrogens (primary N) is 1. The van der Waals surface area contributed by atoms with Gasteiger partial charge in [0.2, 0.25) is 0 Å². The molecule has 0 amide bonds. The predicted molar refractivity (Wildman–Crippen MR) is 74.8 cm³/mol. The predicted octanol–water partition coefficient (Wildman–Crippen LogP) is 3.25. The SMILES string of the molecule is Cc1ccncc1C(CCC1CCCCC1)NN. The maximum atomic E-state index is 5.71. The molecule has 1 fully saturated rings. The first kappa shape index (κ1) is 13.5. The molecule has 1 aromatic heterocycles. The second-order valence-corrected chi connectivity index (χ2v) is 5.53. The molecule has 1 atom stereocenters. The van der Waals surface area contributed by atoms with E-state index >= 15 is 0 Å². The minimum atomic E-state index is 0.251. The second kappa shape index (κ2) is 6.86. The summed E-state index contributed by atoms with van der Waals surface area (Å²) in [6, 6.07) is 2.31. The lowest BCUT2D eigenvalue weighted by Crippen LogP contribution is -2.29. The molecule has 1 heterocycles. The molecule has 0 aliphatic heterocycles. The molecular weight excluding hydrogens is 222 g/mol. The molecule has 0 saturated heterocycles. The largest absolute Gasteiger partial charge is 0.271 e. The molecule has 0 radical (unpaired) electrons. The van der Waals surface area contributed by atoms with Crippen LogP contribution in [0.5, 0.6) is 0 Å². The Hall–Kier alpha value is -0.930. The summed E-state index contributed by atoms with van der Waals surface area (Å²) in [5.74, 6) is 6.62. The summed E-state index contributed by atoms with van der Waals surface area (Å²) >= 11 is 0. The van der Waals surface area contributed by atoms with Gasteiger partial charge in [0.25, 0.3) is 0 Å². The average Bonchev–Trinajstić information content (AvgIpc) is 2.42. The molecule has 3 nitrogen and oxygen atoms in total. The highest BCUT2D eigenvalue weighted by Gasteiger charge is 2.17. The van der Waals surface area contributed by atoms with Crippen LogP contribution in [-0.4, -0.2) is 4.98 Å². The fourth-order valence-electron chi connectivity index (χ4n) is 3.05. The van der Waals surface area contributed by atoms with Crippen LogP contribution in [-0.2, 0) is 0 Å². The summed E-state index contributed by atoms with van der Waals surface area (Å²) in [7, 11) is 0. The van der Waals surface area contributed by atoms with E-state index in [0.29, 0.717) is 0 Å². The van der Waals surface area contributed by atoms with Crippen LogP contribution in [0.15, 0.2) is 18.5 Å². The van der Waals surface area contributed by atoms with Crippen molar-refractivity contribution in [2.45, 2.75) is 57.9 Å². The minimum absolute atomic E-state index is 0.251. The molecule has 1 unspecified atom stereocenters. The molecular formula is C15H25N3. The van der Waals surface area contributed by atoms with Crippen LogP contribution in [0, 0.1) is 12.8 Å². The smallest absolute Gasteiger partial charge is 0.0477 e. The molecule has 1 saturated carbocycles. The first-order valence-electron chi connectivity index (χ1n) is 7.18. The van der Waals surface area contributed by atoms with E-state index in [0.717, 1.165) is 12.3 Å². The quantitative estimate of drug-likeness (QED) is 0.620. The van der Waals surface area contributed by atoms with Crippen molar-refractivity contribution < 1.29 is 0 Å². The Kier molecular flexibility index (Phi) is 5.14. The van der Waals surface area contributed by atoms with Crippen molar-refractivity contribution in [1.82, 2.24) is 10.4 Å². The molecule has 1 aliphatic carbocycles. The van der Waals surface area contributed by atoms with Crippen molar-refractivity contribution in [3.8, 4) is 0 Å². The van der Waals surface area contributed by atoms with Gasteiger partial charge in [-0.15, -0.1) is 0 Å². The van der Waals surface area contributed by atoms with Gasteiger partial charge in [0, 0.05) is 18.4 Å². The van der Waals surface area contributed by atoms with Gasteiger partial charge in [0.15, 0.2) is 0 Å². The van der Waals surface area contributed by atoms with E-state index in [4.69, 9.17) is 5.84 Å². The zero-order valence-corrected chi connectivity index (χ0v) is 11.4. The molecule has 0 aromatic carbocycles. The number of aromatic nitrogens is 1. The van der Waals surface area contributed by atoms with E-state index in [1.54, 1.807) is 0 Å². The van der Waals surface area contributed by atoms with Crippen molar-refractivity contribution >= 4 is 0 Å². The summed E-state index contributed by atoms with van der Waals surface area (Å²) in [5, 5.41) is 0. The number of nitrogens with one attached hydrogen (secondary N) is 1. The number of hydrogen-bond donors (Lipinski definition) is 2. The standard InChI is InChI=1S/C15H25N3/c1-12-9-10-17-11-14(12)15(18-16)8-7-13-5-3-2-4-6-13/h9-11,13,15,18H,2-8,16H2,1H3. The Bertz CT molecular complexity index is 359. The fraction of sp³-hybridized carbons (Fsp3) is 0.667. The Morgan fingerprint density at radius 3 is 2.83 bits per heavy atom. The zero-order valence-electron chi connectivity index (χ0n) is 11.4. The maximum Gasteiger partial charge on any atom is 0.0477 e. The Morgan fingerprint density at radius 2 is 2.17 bits per heavy atom. The summed E-state index contributed by atoms with van der Waals surface area (Å²) in [5.41, 5.74) is 5.48. The van der Waals surface area contributed by atoms with Gasteiger partial charge < -0.3 is 0 Å². The fourth-order valence-corrected chi connectivity index (χ4v) is 3.05. The number of hydrazine groups is 1. The van der Waals surface area contributed by atoms with E-state index in [1.807, 2.05) is 12.4 Å². The summed E-state index contributed by atoms with van der Waals surface area (Å²) < 4.78 is 0. The topological polar surface area (TPSA) is 50.9 Å². The van der Waals surface area contributed by atoms with Crippen LogP contribution in [0.2, 0.25) is 0 Å². The highest BCUT2D eigenvalue weighted by atomic mass is 15.2. The minimum Gasteiger partial charge on any atom is -0.271 e. The molecule has 1 aromatic rings. The van der Waals surface area contributed by atoms with Crippen LogP contribution < -0.4 is 11.3 Å². The normalized spacial score (nSPS) is 18.8. The lowest BCUT2D eigenvalue weighted by Gasteiger charge is -2.24. The lowest BCUT2D eigenvalue weighted by molar-refractivity contribution is 0.314. The first-order chi connectivity index (χ1) is 8.81. The monoisotopic (exact) mass is 247 g/mol. The highest BCUT2D eigenvalue weighted by molar-refractivity contribution is 5.24. The van der Waals surface area contributed by atoms with Gasteiger partial charge in [0.1, 0.15) is 0 Å². The Balaban J connectivity index is 1.91. The summed E-state index contributed by atoms with van der Waals surface area (Å²) in [6.07, 6.45) is 13.3. The number of pyridine rings is 1. The van der Waals surface area contributed by atoms with E-state index in [1.165, 1.54) is 49.7 Å². The van der Waals surface area contributed by atoms with Crippen molar-refractivity contribution in [2.24, 2.45) is 11.8 Å². The van der Waals surface area contributed by atoms with Gasteiger partial charge in [0.05, 0.1) is 0 Å². The molecule has 3 N–H and O–H groups in total. The van der Waals surface area contributed by atoms with E-state index in [9.17, 15) is 0 Å². The van der Waals surface area contributed by atoms with Crippen molar-refractivity contribution in [1.29, 1.82) is 0 Å². The number of hydrogen-bond acceptors (Lipinski definition) is 3. The molecule has 2 rings (SSSR count). The van der Waals surface area contributed by atoms with Gasteiger partial charge in [-0.25, -0.2) is 0 Å². The second-order valence-electron chi connectivity index (χ2n) is 5.53. The van der Waals surface area contributed by atoms with Crippen LogP contribution in [0.25, 0.3) is 0 Å². The summed E-state index contributed by atoms with van der Waals surface area (Å²) in [4.78, 5) is 4.21. The molecule has 100 valence electrons. The highest BCUT2D eigenvalue weighted by Crippen LogP contribution is 2.30. The van der Waals surface area contributed by atoms with Gasteiger partial charge >= 0.3 is 0 Å². The third kappa shape index (κ3) is 3.53. The molecule has 1 aliphatic rings. The zero-order chi connectivity index (χ0) is 12.8. The molecule has 18 heavy (non-hydrogen) atoms. The number of nitrogens with zero attached hydrogens (tertiary/aromatic N) is 1. The van der Waals surface area contributed by atoms with Crippen molar-refractivity contribution in [2.75, 3.05) is 0 Å². The van der Waals surface area contributed by atoms with Gasteiger partial charge in [-0.2, -0.15) is 0 Å². The van der Waals surface area contributed by atoms with Crippen LogP contribution in [0.4, 0.5) is 0 Å². The van der Waals surface area contributed by atoms with Crippen molar-refractivity contribution in [3.05, 3.63) is 29.6 Å². The number of aryl methyl sites for hydroxylation is 1. The van der Waals surface area contributed by atoms with E-state index < -0.39 is 0 Å². The van der Waals surface area contributed by atoms with Gasteiger partial charge in [-0.05, 0) is 42.9 Å². The Labute approximate surface area is 110 Å². The average molecular weight is 247 g/mol. The third-order valence-corrected chi connectivity index (χ3v) is 4.24. The molecule has 0 bridgehead atoms. The maximum absolute atomic E-state index is 5.71. The van der Waals surface area contributed by atoms with E-state index in [2.05, 4.69) is 23.4 Å². The summed E-state index contributed by atoms with van der Waals surface area (Å²) in [6.45, 7) is 2.13. The van der Waals surface area contributed by atoms with Crippen molar-refractivity contribution in [3.63, 3.8) is 0 Å². The third-order valence-electron chi connectivity index (χ3n) is 4.24. The number of rotatable bonds is 5. The Morgan fingerprint density at radius 1 is 1.39 bits per heavy atom. The molecule has 3 heteroatoms. The van der Waals surface area contributed by atoms with Gasteiger partial charge in [-0.3, -0.25) is 16.3 Å². The lowest BCUT2D eigenvalue weighted by atomic mass is 9.84.